The molecule has 0 aliphatic rings. The second kappa shape index (κ2) is 14.6. The minimum atomic E-state index is -4.50. The standard InChI is InChI=1S/C30H29F4N5O2.ClH/c1-39(2)27(40)9-6-14-35-15-16-41-26-13-11-22(19-36-26)28(21-10-12-25-23(17-21)29(31)38-37-25)24(18-30(32,33)34)20-7-4-3-5-8-20;/h3-13,17,19,35H,14-16,18H2,1-2H3,(H,37,38);1H. The number of aromatic nitrogens is 3. The average molecular weight is 604 g/mol. The van der Waals surface area contributed by atoms with Crippen LogP contribution in [-0.2, 0) is 4.79 Å². The van der Waals surface area contributed by atoms with Gasteiger partial charge < -0.3 is 15.0 Å². The summed E-state index contributed by atoms with van der Waals surface area (Å²) < 4.78 is 61.6. The number of carbonyl (C=O) groups is 1. The molecule has 0 radical (unpaired) electrons. The summed E-state index contributed by atoms with van der Waals surface area (Å²) in [5.41, 5.74) is 1.86. The van der Waals surface area contributed by atoms with E-state index < -0.39 is 18.5 Å². The van der Waals surface area contributed by atoms with E-state index in [1.54, 1.807) is 74.8 Å². The van der Waals surface area contributed by atoms with Gasteiger partial charge in [-0.1, -0.05) is 42.5 Å². The number of nitrogens with one attached hydrogen (secondary N) is 2. The highest BCUT2D eigenvalue weighted by atomic mass is 35.5. The summed E-state index contributed by atoms with van der Waals surface area (Å²) in [6.07, 6.45) is -1.07. The predicted octanol–water partition coefficient (Wildman–Crippen LogP) is 6.04. The third-order valence-corrected chi connectivity index (χ3v) is 6.11. The number of hydrogen-bond donors (Lipinski definition) is 2. The Morgan fingerprint density at radius 3 is 2.45 bits per heavy atom. The molecular weight excluding hydrogens is 574 g/mol. The Kier molecular flexibility index (Phi) is 11.2. The third-order valence-electron chi connectivity index (χ3n) is 6.11. The minimum Gasteiger partial charge on any atom is -0.476 e. The third kappa shape index (κ3) is 8.64. The highest BCUT2D eigenvalue weighted by Gasteiger charge is 2.31. The fourth-order valence-corrected chi connectivity index (χ4v) is 4.16. The van der Waals surface area contributed by atoms with Gasteiger partial charge in [-0.3, -0.25) is 9.89 Å². The second-order valence-electron chi connectivity index (χ2n) is 9.35. The number of alkyl halides is 3. The van der Waals surface area contributed by atoms with Crippen molar-refractivity contribution in [2.75, 3.05) is 33.8 Å². The summed E-state index contributed by atoms with van der Waals surface area (Å²) in [4.78, 5) is 17.3. The molecule has 0 spiro atoms. The predicted molar refractivity (Wildman–Crippen MR) is 157 cm³/mol. The molecule has 0 aliphatic carbocycles. The van der Waals surface area contributed by atoms with Crippen molar-refractivity contribution in [2.24, 2.45) is 0 Å². The first-order chi connectivity index (χ1) is 19.6. The van der Waals surface area contributed by atoms with Gasteiger partial charge in [-0.2, -0.15) is 22.7 Å². The lowest BCUT2D eigenvalue weighted by atomic mass is 9.88. The number of carbonyl (C=O) groups excluding carboxylic acids is 1. The molecule has 2 aromatic carbocycles. The van der Waals surface area contributed by atoms with Gasteiger partial charge in [0.1, 0.15) is 6.61 Å². The maximum Gasteiger partial charge on any atom is 0.393 e. The van der Waals surface area contributed by atoms with Crippen LogP contribution < -0.4 is 10.1 Å². The van der Waals surface area contributed by atoms with E-state index >= 15 is 0 Å². The summed E-state index contributed by atoms with van der Waals surface area (Å²) >= 11 is 0. The largest absolute Gasteiger partial charge is 0.476 e. The second-order valence-corrected chi connectivity index (χ2v) is 9.35. The molecule has 4 aromatic rings. The summed E-state index contributed by atoms with van der Waals surface area (Å²) in [7, 11) is 3.34. The minimum absolute atomic E-state index is 0. The van der Waals surface area contributed by atoms with Crippen LogP contribution in [0.4, 0.5) is 17.6 Å². The number of rotatable bonds is 11. The van der Waals surface area contributed by atoms with Crippen LogP contribution in [0.25, 0.3) is 22.0 Å². The van der Waals surface area contributed by atoms with E-state index in [0.29, 0.717) is 41.2 Å². The molecule has 2 heterocycles. The SMILES string of the molecule is CN(C)C(=O)C=CCNCCOc1ccc(C(=C(CC(F)(F)F)c2ccccc2)c2ccc3n[nH]c(F)c3c2)cn1.Cl. The number of fused-ring (bicyclic) bond motifs is 1. The van der Waals surface area contributed by atoms with Crippen LogP contribution >= 0.6 is 12.4 Å². The van der Waals surface area contributed by atoms with E-state index in [1.165, 1.54) is 23.2 Å². The van der Waals surface area contributed by atoms with Crippen LogP contribution in [0.1, 0.15) is 23.1 Å². The van der Waals surface area contributed by atoms with Gasteiger partial charge in [0.15, 0.2) is 0 Å². The molecule has 0 saturated heterocycles. The van der Waals surface area contributed by atoms with E-state index in [9.17, 15) is 22.4 Å². The number of benzene rings is 2. The monoisotopic (exact) mass is 603 g/mol. The lowest BCUT2D eigenvalue weighted by molar-refractivity contribution is -0.124. The van der Waals surface area contributed by atoms with Crippen molar-refractivity contribution in [2.45, 2.75) is 12.6 Å². The molecule has 2 N–H and O–H groups in total. The number of ether oxygens (including phenoxy) is 1. The molecule has 4 rings (SSSR count). The Hall–Kier alpha value is -4.22. The van der Waals surface area contributed by atoms with Gasteiger partial charge in [0.2, 0.25) is 17.7 Å². The first kappa shape index (κ1) is 32.3. The topological polar surface area (TPSA) is 83.1 Å². The first-order valence-corrected chi connectivity index (χ1v) is 12.8. The Bertz CT molecular complexity index is 1540. The number of pyridine rings is 1. The summed E-state index contributed by atoms with van der Waals surface area (Å²) in [6, 6.07) is 16.2. The normalized spacial score (nSPS) is 12.2. The van der Waals surface area contributed by atoms with E-state index in [0.717, 1.165) is 0 Å². The van der Waals surface area contributed by atoms with Crippen molar-refractivity contribution in [3.05, 3.63) is 102 Å². The molecule has 1 amide bonds. The van der Waals surface area contributed by atoms with E-state index in [1.807, 2.05) is 0 Å². The highest BCUT2D eigenvalue weighted by molar-refractivity contribution is 6.00. The Morgan fingerprint density at radius 1 is 1.05 bits per heavy atom. The fraction of sp³-hybridized carbons (Fsp3) is 0.233. The van der Waals surface area contributed by atoms with Crippen molar-refractivity contribution in [1.29, 1.82) is 0 Å². The smallest absolute Gasteiger partial charge is 0.393 e. The summed E-state index contributed by atoms with van der Waals surface area (Å²) in [5, 5.41) is 9.43. The van der Waals surface area contributed by atoms with Crippen molar-refractivity contribution in [3.8, 4) is 5.88 Å². The van der Waals surface area contributed by atoms with Gasteiger partial charge in [0.05, 0.1) is 17.3 Å². The van der Waals surface area contributed by atoms with E-state index in [4.69, 9.17) is 4.74 Å². The number of likely N-dealkylation sites (N-methyl/N-ethyl adjacent to an activating group) is 1. The fourth-order valence-electron chi connectivity index (χ4n) is 4.16. The molecule has 42 heavy (non-hydrogen) atoms. The number of allylic oxidation sites excluding steroid dienone is 1. The van der Waals surface area contributed by atoms with Crippen LogP contribution in [0.15, 0.2) is 79.0 Å². The average Bonchev–Trinajstić information content (AvgIpc) is 3.32. The number of nitrogens with zero attached hydrogens (tertiary/aromatic N) is 3. The number of aromatic amines is 1. The van der Waals surface area contributed by atoms with Crippen LogP contribution in [0.2, 0.25) is 0 Å². The Morgan fingerprint density at radius 2 is 1.79 bits per heavy atom. The maximum absolute atomic E-state index is 14.4. The number of amides is 1. The van der Waals surface area contributed by atoms with Crippen molar-refractivity contribution >= 4 is 40.4 Å². The Balaban J connectivity index is 0.00000484. The molecule has 0 unspecified atom stereocenters. The molecule has 0 aliphatic heterocycles. The van der Waals surface area contributed by atoms with Crippen LogP contribution in [0.5, 0.6) is 5.88 Å². The van der Waals surface area contributed by atoms with Crippen molar-refractivity contribution < 1.29 is 27.1 Å². The van der Waals surface area contributed by atoms with Gasteiger partial charge in [-0.05, 0) is 40.5 Å². The zero-order chi connectivity index (χ0) is 29.4. The lowest BCUT2D eigenvalue weighted by Crippen LogP contribution is -2.22. The van der Waals surface area contributed by atoms with Gasteiger partial charge >= 0.3 is 6.18 Å². The molecule has 0 fully saturated rings. The highest BCUT2D eigenvalue weighted by Crippen LogP contribution is 2.40. The van der Waals surface area contributed by atoms with E-state index in [-0.39, 0.29) is 41.5 Å². The number of H-pyrrole nitrogens is 1. The number of hydrogen-bond acceptors (Lipinski definition) is 5. The van der Waals surface area contributed by atoms with Crippen LogP contribution in [0, 0.1) is 5.95 Å². The summed E-state index contributed by atoms with van der Waals surface area (Å²) in [5.74, 6) is -0.489. The van der Waals surface area contributed by atoms with Gasteiger partial charge in [-0.15, -0.1) is 12.4 Å². The molecule has 0 atom stereocenters. The molecule has 7 nitrogen and oxygen atoms in total. The van der Waals surface area contributed by atoms with Crippen LogP contribution in [0.3, 0.4) is 0 Å². The van der Waals surface area contributed by atoms with Gasteiger partial charge in [0, 0.05) is 51.1 Å². The Labute approximate surface area is 246 Å². The molecular formula is C30H30ClF4N5O2. The van der Waals surface area contributed by atoms with E-state index in [2.05, 4.69) is 20.5 Å². The zero-order valence-electron chi connectivity index (χ0n) is 22.9. The van der Waals surface area contributed by atoms with Crippen LogP contribution in [-0.4, -0.2) is 66.0 Å². The molecule has 2 aromatic heterocycles. The van der Waals surface area contributed by atoms with Crippen molar-refractivity contribution in [1.82, 2.24) is 25.4 Å². The lowest BCUT2D eigenvalue weighted by Gasteiger charge is -2.19. The summed E-state index contributed by atoms with van der Waals surface area (Å²) in [6.45, 7) is 1.24. The number of halogens is 5. The van der Waals surface area contributed by atoms with Crippen molar-refractivity contribution in [3.63, 3.8) is 0 Å². The molecule has 12 heteroatoms. The quantitative estimate of drug-likeness (QED) is 0.0945. The zero-order valence-corrected chi connectivity index (χ0v) is 23.7. The first-order valence-electron chi connectivity index (χ1n) is 12.8. The molecule has 0 saturated carbocycles. The van der Waals surface area contributed by atoms with Gasteiger partial charge in [-0.25, -0.2) is 4.98 Å². The maximum atomic E-state index is 14.4. The molecule has 222 valence electrons. The van der Waals surface area contributed by atoms with Gasteiger partial charge in [0.25, 0.3) is 0 Å². The molecule has 0 bridgehead atoms.